The molecular formula is C21H19FN2O4S. The predicted molar refractivity (Wildman–Crippen MR) is 108 cm³/mol. The van der Waals surface area contributed by atoms with E-state index in [9.17, 15) is 19.1 Å². The summed E-state index contributed by atoms with van der Waals surface area (Å²) in [5.41, 5.74) is 2.14. The maximum Gasteiger partial charge on any atom is 0.307 e. The SMILES string of the molecule is CC(C)c1ccc2c(c1)OC(CC(=O)O)C(=O)N2Cc1nc2cc(F)ccc2s1. The summed E-state index contributed by atoms with van der Waals surface area (Å²) in [7, 11) is 0. The molecule has 2 heterocycles. The van der Waals surface area contributed by atoms with Crippen molar-refractivity contribution in [2.75, 3.05) is 4.90 Å². The summed E-state index contributed by atoms with van der Waals surface area (Å²) in [6, 6.07) is 9.97. The van der Waals surface area contributed by atoms with E-state index in [1.165, 1.54) is 28.4 Å². The molecule has 1 amide bonds. The molecule has 8 heteroatoms. The van der Waals surface area contributed by atoms with Crippen molar-refractivity contribution < 1.29 is 23.8 Å². The molecule has 1 atom stereocenters. The molecule has 0 radical (unpaired) electrons. The number of amides is 1. The van der Waals surface area contributed by atoms with Gasteiger partial charge in [-0.1, -0.05) is 19.9 Å². The molecule has 0 fully saturated rings. The first kappa shape index (κ1) is 19.3. The lowest BCUT2D eigenvalue weighted by molar-refractivity contribution is -0.142. The molecule has 1 N–H and O–H groups in total. The number of hydrogen-bond acceptors (Lipinski definition) is 5. The average molecular weight is 414 g/mol. The number of anilines is 1. The van der Waals surface area contributed by atoms with Crippen molar-refractivity contribution in [3.05, 3.63) is 52.8 Å². The van der Waals surface area contributed by atoms with E-state index in [1.807, 2.05) is 32.0 Å². The summed E-state index contributed by atoms with van der Waals surface area (Å²) >= 11 is 1.37. The van der Waals surface area contributed by atoms with Crippen molar-refractivity contribution in [2.24, 2.45) is 0 Å². The van der Waals surface area contributed by atoms with E-state index >= 15 is 0 Å². The van der Waals surface area contributed by atoms with Gasteiger partial charge in [-0.05, 0) is 35.7 Å². The smallest absolute Gasteiger partial charge is 0.307 e. The first-order valence-electron chi connectivity index (χ1n) is 9.20. The van der Waals surface area contributed by atoms with E-state index in [1.54, 1.807) is 6.07 Å². The highest BCUT2D eigenvalue weighted by Crippen LogP contribution is 2.38. The van der Waals surface area contributed by atoms with E-state index in [0.717, 1.165) is 10.3 Å². The van der Waals surface area contributed by atoms with Crippen molar-refractivity contribution in [1.29, 1.82) is 0 Å². The van der Waals surface area contributed by atoms with E-state index in [2.05, 4.69) is 4.98 Å². The minimum absolute atomic E-state index is 0.160. The van der Waals surface area contributed by atoms with Gasteiger partial charge in [-0.2, -0.15) is 0 Å². The van der Waals surface area contributed by atoms with Gasteiger partial charge in [0.25, 0.3) is 5.91 Å². The van der Waals surface area contributed by atoms with Gasteiger partial charge in [-0.25, -0.2) is 9.37 Å². The average Bonchev–Trinajstić information content (AvgIpc) is 3.05. The summed E-state index contributed by atoms with van der Waals surface area (Å²) < 4.78 is 20.0. The number of carboxylic acids is 1. The number of carbonyl (C=O) groups is 2. The van der Waals surface area contributed by atoms with E-state index in [4.69, 9.17) is 4.74 Å². The third kappa shape index (κ3) is 3.80. The van der Waals surface area contributed by atoms with Crippen LogP contribution >= 0.6 is 11.3 Å². The Morgan fingerprint density at radius 3 is 2.83 bits per heavy atom. The second-order valence-electron chi connectivity index (χ2n) is 7.23. The third-order valence-corrected chi connectivity index (χ3v) is 5.82. The molecular weight excluding hydrogens is 395 g/mol. The monoisotopic (exact) mass is 414 g/mol. The lowest BCUT2D eigenvalue weighted by Crippen LogP contribution is -2.46. The summed E-state index contributed by atoms with van der Waals surface area (Å²) in [5, 5.41) is 9.81. The first-order chi connectivity index (χ1) is 13.8. The number of fused-ring (bicyclic) bond motifs is 2. The number of nitrogens with zero attached hydrogens (tertiary/aromatic N) is 2. The summed E-state index contributed by atoms with van der Waals surface area (Å²) in [4.78, 5) is 30.1. The van der Waals surface area contributed by atoms with Crippen LogP contribution in [-0.2, 0) is 16.1 Å². The lowest BCUT2D eigenvalue weighted by Gasteiger charge is -2.34. The summed E-state index contributed by atoms with van der Waals surface area (Å²) in [6.45, 7) is 4.25. The number of thiazole rings is 1. The number of ether oxygens (including phenoxy) is 1. The molecule has 0 bridgehead atoms. The van der Waals surface area contributed by atoms with Crippen LogP contribution in [0, 0.1) is 5.82 Å². The Morgan fingerprint density at radius 1 is 1.31 bits per heavy atom. The van der Waals surface area contributed by atoms with Crippen LogP contribution in [0.2, 0.25) is 0 Å². The van der Waals surface area contributed by atoms with Crippen LogP contribution in [0.15, 0.2) is 36.4 Å². The second-order valence-corrected chi connectivity index (χ2v) is 8.35. The summed E-state index contributed by atoms with van der Waals surface area (Å²) in [5.74, 6) is -1.17. The summed E-state index contributed by atoms with van der Waals surface area (Å²) in [6.07, 6.45) is -1.53. The zero-order valence-electron chi connectivity index (χ0n) is 15.9. The van der Waals surface area contributed by atoms with Crippen molar-refractivity contribution in [3.63, 3.8) is 0 Å². The highest BCUT2D eigenvalue weighted by atomic mass is 32.1. The number of rotatable bonds is 5. The Hall–Kier alpha value is -3.00. The molecule has 0 spiro atoms. The molecule has 1 aromatic heterocycles. The number of carboxylic acid groups (broad SMARTS) is 1. The van der Waals surface area contributed by atoms with Crippen LogP contribution in [0.5, 0.6) is 5.75 Å². The van der Waals surface area contributed by atoms with Crippen LogP contribution < -0.4 is 9.64 Å². The molecule has 1 aliphatic heterocycles. The van der Waals surface area contributed by atoms with Crippen molar-refractivity contribution >= 4 is 39.1 Å². The number of aliphatic carboxylic acids is 1. The first-order valence-corrected chi connectivity index (χ1v) is 10.0. The Kier molecular flexibility index (Phi) is 4.96. The van der Waals surface area contributed by atoms with Gasteiger partial charge < -0.3 is 9.84 Å². The van der Waals surface area contributed by atoms with Gasteiger partial charge in [0.1, 0.15) is 16.6 Å². The van der Waals surface area contributed by atoms with Gasteiger partial charge in [0, 0.05) is 6.07 Å². The number of hydrogen-bond donors (Lipinski definition) is 1. The van der Waals surface area contributed by atoms with Gasteiger partial charge in [0.05, 0.1) is 28.9 Å². The van der Waals surface area contributed by atoms with Crippen LogP contribution in [0.4, 0.5) is 10.1 Å². The highest BCUT2D eigenvalue weighted by molar-refractivity contribution is 7.18. The van der Waals surface area contributed by atoms with Crippen LogP contribution in [0.1, 0.15) is 36.8 Å². The molecule has 0 saturated carbocycles. The van der Waals surface area contributed by atoms with Gasteiger partial charge in [0.15, 0.2) is 6.10 Å². The number of benzene rings is 2. The molecule has 150 valence electrons. The molecule has 0 aliphatic carbocycles. The molecule has 6 nitrogen and oxygen atoms in total. The molecule has 3 aromatic rings. The number of halogens is 1. The molecule has 1 unspecified atom stereocenters. The van der Waals surface area contributed by atoms with Crippen molar-refractivity contribution in [3.8, 4) is 5.75 Å². The lowest BCUT2D eigenvalue weighted by atomic mass is 10.0. The number of carbonyl (C=O) groups excluding carboxylic acids is 1. The topological polar surface area (TPSA) is 79.7 Å². The van der Waals surface area contributed by atoms with Crippen LogP contribution in [0.25, 0.3) is 10.2 Å². The largest absolute Gasteiger partial charge is 0.481 e. The van der Waals surface area contributed by atoms with Gasteiger partial charge in [-0.3, -0.25) is 14.5 Å². The Bertz CT molecular complexity index is 1110. The zero-order chi connectivity index (χ0) is 20.7. The van der Waals surface area contributed by atoms with E-state index in [-0.39, 0.29) is 18.3 Å². The standard InChI is InChI=1S/C21H19FN2O4S/c1-11(2)12-3-5-15-16(7-12)28-17(9-20(25)26)21(27)24(15)10-19-23-14-8-13(22)4-6-18(14)29-19/h3-8,11,17H,9-10H2,1-2H3,(H,25,26). The molecule has 2 aromatic carbocycles. The minimum atomic E-state index is -1.11. The molecule has 29 heavy (non-hydrogen) atoms. The molecule has 4 rings (SSSR count). The second kappa shape index (κ2) is 7.44. The fourth-order valence-electron chi connectivity index (χ4n) is 3.31. The highest BCUT2D eigenvalue weighted by Gasteiger charge is 2.36. The maximum absolute atomic E-state index is 13.5. The van der Waals surface area contributed by atoms with E-state index < -0.39 is 24.4 Å². The Labute approximate surface area is 170 Å². The zero-order valence-corrected chi connectivity index (χ0v) is 16.7. The predicted octanol–water partition coefficient (Wildman–Crippen LogP) is 4.33. The van der Waals surface area contributed by atoms with Crippen molar-refractivity contribution in [1.82, 2.24) is 4.98 Å². The van der Waals surface area contributed by atoms with Gasteiger partial charge in [-0.15, -0.1) is 11.3 Å². The maximum atomic E-state index is 13.5. The van der Waals surface area contributed by atoms with E-state index in [0.29, 0.717) is 22.0 Å². The Balaban J connectivity index is 1.73. The third-order valence-electron chi connectivity index (χ3n) is 4.80. The van der Waals surface area contributed by atoms with Crippen LogP contribution in [0.3, 0.4) is 0 Å². The quantitative estimate of drug-likeness (QED) is 0.672. The van der Waals surface area contributed by atoms with Crippen LogP contribution in [-0.4, -0.2) is 28.1 Å². The normalized spacial score (nSPS) is 16.2. The van der Waals surface area contributed by atoms with Gasteiger partial charge in [0.2, 0.25) is 0 Å². The fourth-order valence-corrected chi connectivity index (χ4v) is 4.24. The number of aromatic nitrogens is 1. The van der Waals surface area contributed by atoms with Crippen molar-refractivity contribution in [2.45, 2.75) is 38.8 Å². The van der Waals surface area contributed by atoms with Gasteiger partial charge >= 0.3 is 5.97 Å². The molecule has 0 saturated heterocycles. The molecule has 1 aliphatic rings. The fraction of sp³-hybridized carbons (Fsp3) is 0.286. The Morgan fingerprint density at radius 2 is 2.10 bits per heavy atom. The minimum Gasteiger partial charge on any atom is -0.481 e.